The van der Waals surface area contributed by atoms with Gasteiger partial charge in [0.25, 0.3) is 0 Å². The molecule has 0 bridgehead atoms. The van der Waals surface area contributed by atoms with Gasteiger partial charge in [-0.05, 0) is 26.3 Å². The molecule has 0 aromatic carbocycles. The Morgan fingerprint density at radius 3 is 2.21 bits per heavy atom. The Kier molecular flexibility index (Phi) is 6.55. The molecule has 0 unspecified atom stereocenters. The monoisotopic (exact) mass is 191 g/mol. The summed E-state index contributed by atoms with van der Waals surface area (Å²) in [7, 11) is 2.05. The first-order valence-corrected chi connectivity index (χ1v) is 4.95. The van der Waals surface area contributed by atoms with Crippen molar-refractivity contribution in [2.75, 3.05) is 13.6 Å². The van der Waals surface area contributed by atoms with Crippen LogP contribution in [-0.4, -0.2) is 18.5 Å². The number of nitrogens with zero attached hydrogens (tertiary/aromatic N) is 1. The molecule has 14 heavy (non-hydrogen) atoms. The van der Waals surface area contributed by atoms with Crippen molar-refractivity contribution in [2.24, 2.45) is 0 Å². The Morgan fingerprint density at radius 1 is 1.14 bits per heavy atom. The quantitative estimate of drug-likeness (QED) is 0.580. The minimum absolute atomic E-state index is 0.965. The Hall–Kier alpha value is -1.24. The van der Waals surface area contributed by atoms with Gasteiger partial charge in [0, 0.05) is 19.3 Å². The zero-order chi connectivity index (χ0) is 11.0. The highest BCUT2D eigenvalue weighted by molar-refractivity contribution is 5.16. The summed E-state index contributed by atoms with van der Waals surface area (Å²) >= 11 is 0. The highest BCUT2D eigenvalue weighted by Gasteiger charge is 1.98. The Bertz CT molecular complexity index is 246. The molecule has 1 heteroatoms. The second-order valence-corrected chi connectivity index (χ2v) is 3.32. The van der Waals surface area contributed by atoms with Gasteiger partial charge in [-0.1, -0.05) is 37.0 Å². The molecular weight excluding hydrogens is 170 g/mol. The normalized spacial score (nSPS) is 11.1. The molecule has 1 nitrogen and oxygen atoms in total. The zero-order valence-electron chi connectivity index (χ0n) is 9.59. The van der Waals surface area contributed by atoms with E-state index >= 15 is 0 Å². The molecule has 0 N–H and O–H groups in total. The summed E-state index contributed by atoms with van der Waals surface area (Å²) in [5.41, 5.74) is 2.20. The van der Waals surface area contributed by atoms with Gasteiger partial charge >= 0.3 is 0 Å². The molecule has 0 radical (unpaired) electrons. The minimum atomic E-state index is 0.965. The maximum absolute atomic E-state index is 3.96. The van der Waals surface area contributed by atoms with Crippen LogP contribution in [0.4, 0.5) is 0 Å². The van der Waals surface area contributed by atoms with Gasteiger partial charge in [-0.3, -0.25) is 0 Å². The van der Waals surface area contributed by atoms with Crippen molar-refractivity contribution in [3.8, 4) is 0 Å². The van der Waals surface area contributed by atoms with E-state index in [2.05, 4.69) is 18.1 Å². The molecule has 78 valence electrons. The molecule has 0 amide bonds. The number of hydrogen-bond acceptors (Lipinski definition) is 1. The Labute approximate surface area is 88.1 Å². The third-order valence-corrected chi connectivity index (χ3v) is 2.02. The lowest BCUT2D eigenvalue weighted by molar-refractivity contribution is 0.437. The van der Waals surface area contributed by atoms with Crippen LogP contribution >= 0.6 is 0 Å². The average molecular weight is 191 g/mol. The lowest BCUT2D eigenvalue weighted by atomic mass is 10.2. The maximum atomic E-state index is 3.96. The first kappa shape index (κ1) is 12.8. The maximum Gasteiger partial charge on any atom is 0.0287 e. The Balaban J connectivity index is 3.90. The van der Waals surface area contributed by atoms with Crippen molar-refractivity contribution in [1.82, 2.24) is 4.90 Å². The second-order valence-electron chi connectivity index (χ2n) is 3.32. The number of hydrogen-bond donors (Lipinski definition) is 0. The van der Waals surface area contributed by atoms with Gasteiger partial charge in [0.1, 0.15) is 0 Å². The molecule has 0 rings (SSSR count). The lowest BCUT2D eigenvalue weighted by Crippen LogP contribution is -2.17. The number of rotatable bonds is 6. The van der Waals surface area contributed by atoms with Gasteiger partial charge in [0.15, 0.2) is 0 Å². The van der Waals surface area contributed by atoms with E-state index in [4.69, 9.17) is 0 Å². The van der Waals surface area contributed by atoms with Gasteiger partial charge in [-0.2, -0.15) is 0 Å². The first-order chi connectivity index (χ1) is 6.61. The molecule has 0 aliphatic heterocycles. The number of likely N-dealkylation sites (N-methyl/N-ethyl adjacent to an activating group) is 1. The summed E-state index contributed by atoms with van der Waals surface area (Å²) in [6.07, 6.45) is 9.06. The van der Waals surface area contributed by atoms with Crippen LogP contribution < -0.4 is 0 Å². The van der Waals surface area contributed by atoms with Crippen molar-refractivity contribution < 1.29 is 0 Å². The van der Waals surface area contributed by atoms with Gasteiger partial charge < -0.3 is 4.90 Å². The van der Waals surface area contributed by atoms with Crippen LogP contribution in [0.1, 0.15) is 20.3 Å². The molecule has 0 fully saturated rings. The first-order valence-electron chi connectivity index (χ1n) is 4.95. The van der Waals surface area contributed by atoms with E-state index < -0.39 is 0 Å². The summed E-state index contributed by atoms with van der Waals surface area (Å²) in [6, 6.07) is 0. The molecule has 0 atom stereocenters. The highest BCUT2D eigenvalue weighted by atomic mass is 15.1. The smallest absolute Gasteiger partial charge is 0.0287 e. The third-order valence-electron chi connectivity index (χ3n) is 2.02. The summed E-state index contributed by atoms with van der Waals surface area (Å²) < 4.78 is 0. The van der Waals surface area contributed by atoms with E-state index in [1.54, 1.807) is 0 Å². The molecule has 0 aromatic heterocycles. The lowest BCUT2D eigenvalue weighted by Gasteiger charge is -2.19. The van der Waals surface area contributed by atoms with E-state index in [0.29, 0.717) is 0 Å². The van der Waals surface area contributed by atoms with Crippen molar-refractivity contribution in [2.45, 2.75) is 20.3 Å². The van der Waals surface area contributed by atoms with Crippen LogP contribution in [0.2, 0.25) is 0 Å². The molecule has 0 aromatic rings. The summed E-state index contributed by atoms with van der Waals surface area (Å²) in [5.74, 6) is 0. The largest absolute Gasteiger partial charge is 0.375 e. The molecule has 0 saturated carbocycles. The predicted molar refractivity (Wildman–Crippen MR) is 65.2 cm³/mol. The van der Waals surface area contributed by atoms with E-state index in [1.807, 2.05) is 45.2 Å². The third kappa shape index (κ3) is 5.41. The van der Waals surface area contributed by atoms with Gasteiger partial charge in [-0.25, -0.2) is 0 Å². The zero-order valence-corrected chi connectivity index (χ0v) is 9.59. The van der Waals surface area contributed by atoms with Crippen LogP contribution in [0.25, 0.3) is 0 Å². The fraction of sp³-hybridized carbons (Fsp3) is 0.385. The van der Waals surface area contributed by atoms with E-state index in [-0.39, 0.29) is 0 Å². The van der Waals surface area contributed by atoms with Gasteiger partial charge in [0.05, 0.1) is 0 Å². The van der Waals surface area contributed by atoms with E-state index in [9.17, 15) is 0 Å². The van der Waals surface area contributed by atoms with Crippen LogP contribution in [0, 0.1) is 0 Å². The van der Waals surface area contributed by atoms with Crippen molar-refractivity contribution >= 4 is 0 Å². The van der Waals surface area contributed by atoms with Gasteiger partial charge in [0.2, 0.25) is 0 Å². The fourth-order valence-corrected chi connectivity index (χ4v) is 1.09. The molecule has 0 spiro atoms. The molecule has 0 saturated heterocycles. The highest BCUT2D eigenvalue weighted by Crippen LogP contribution is 2.06. The fourth-order valence-electron chi connectivity index (χ4n) is 1.09. The predicted octanol–water partition coefficient (Wildman–Crippen LogP) is 3.53. The van der Waals surface area contributed by atoms with Crippen LogP contribution in [0.3, 0.4) is 0 Å². The average Bonchev–Trinajstić information content (AvgIpc) is 2.15. The summed E-state index contributed by atoms with van der Waals surface area (Å²) in [4.78, 5) is 2.13. The van der Waals surface area contributed by atoms with Crippen LogP contribution in [0.15, 0.2) is 48.7 Å². The molecular formula is C13H21N. The molecule has 0 aliphatic rings. The standard InChI is InChI=1S/C13H21N/c1-6-8-12(3)10-11-14(5)13(4)9-7-2/h6-9H,3-4,10-11H2,1-2,5H3/b8-6-,9-7-. The Morgan fingerprint density at radius 2 is 1.71 bits per heavy atom. The molecule has 0 heterocycles. The van der Waals surface area contributed by atoms with Crippen molar-refractivity contribution in [3.05, 3.63) is 48.7 Å². The topological polar surface area (TPSA) is 3.24 Å². The summed E-state index contributed by atoms with van der Waals surface area (Å²) in [5, 5.41) is 0. The van der Waals surface area contributed by atoms with E-state index in [0.717, 1.165) is 24.2 Å². The van der Waals surface area contributed by atoms with Crippen molar-refractivity contribution in [1.29, 1.82) is 0 Å². The molecule has 0 aliphatic carbocycles. The summed E-state index contributed by atoms with van der Waals surface area (Å²) in [6.45, 7) is 12.9. The second kappa shape index (κ2) is 7.19. The van der Waals surface area contributed by atoms with Gasteiger partial charge in [-0.15, -0.1) is 0 Å². The van der Waals surface area contributed by atoms with Crippen molar-refractivity contribution in [3.63, 3.8) is 0 Å². The van der Waals surface area contributed by atoms with Crippen LogP contribution in [-0.2, 0) is 0 Å². The van der Waals surface area contributed by atoms with Crippen LogP contribution in [0.5, 0.6) is 0 Å². The SMILES string of the molecule is C=C(/C=C\C)CCN(C)C(=C)/C=C\C. The van der Waals surface area contributed by atoms with E-state index in [1.165, 1.54) is 0 Å². The minimum Gasteiger partial charge on any atom is -0.375 e. The number of allylic oxidation sites excluding steroid dienone is 4.